The van der Waals surface area contributed by atoms with Crippen LogP contribution in [0.5, 0.6) is 0 Å². The molecular formula is C25H28N4OS. The fraction of sp³-hybridized carbons (Fsp3) is 0.320. The van der Waals surface area contributed by atoms with Gasteiger partial charge in [0.25, 0.3) is 5.91 Å². The molecule has 5 nitrogen and oxygen atoms in total. The fourth-order valence-electron chi connectivity index (χ4n) is 3.91. The fourth-order valence-corrected chi connectivity index (χ4v) is 4.06. The van der Waals surface area contributed by atoms with Crippen LogP contribution in [0, 0.1) is 6.92 Å². The molecule has 4 rings (SSSR count). The predicted octanol–water partition coefficient (Wildman–Crippen LogP) is 5.15. The SMILES string of the molecule is Cc1cc(C(=O)Nc2cccc(C(C)C)c2)cc(N2CCc3nc(CS)ncc3C2)c1. The molecule has 1 aliphatic rings. The standard InChI is InChI=1S/C25H28N4OS/c1-16(2)18-5-4-6-21(11-18)27-25(30)19-9-17(3)10-22(12-19)29-8-7-23-20(14-29)13-26-24(15-31)28-23/h4-6,9-13,16,31H,7-8,14-15H2,1-3H3,(H,27,30). The van der Waals surface area contributed by atoms with Crippen LogP contribution >= 0.6 is 12.6 Å². The second kappa shape index (κ2) is 9.10. The zero-order valence-electron chi connectivity index (χ0n) is 18.2. The van der Waals surface area contributed by atoms with Gasteiger partial charge in [-0.1, -0.05) is 26.0 Å². The van der Waals surface area contributed by atoms with E-state index < -0.39 is 0 Å². The lowest BCUT2D eigenvalue weighted by molar-refractivity contribution is 0.102. The number of nitrogens with one attached hydrogen (secondary N) is 1. The van der Waals surface area contributed by atoms with Crippen molar-refractivity contribution < 1.29 is 4.79 Å². The Balaban J connectivity index is 1.54. The lowest BCUT2D eigenvalue weighted by Crippen LogP contribution is -2.31. The molecule has 0 aliphatic carbocycles. The molecule has 0 bridgehead atoms. The average molecular weight is 433 g/mol. The number of amides is 1. The molecule has 31 heavy (non-hydrogen) atoms. The molecular weight excluding hydrogens is 404 g/mol. The first-order valence-corrected chi connectivity index (χ1v) is 11.3. The minimum Gasteiger partial charge on any atom is -0.367 e. The molecule has 2 aromatic carbocycles. The Morgan fingerprint density at radius 2 is 2.06 bits per heavy atom. The number of rotatable bonds is 5. The van der Waals surface area contributed by atoms with Crippen molar-refractivity contribution in [1.29, 1.82) is 0 Å². The highest BCUT2D eigenvalue weighted by atomic mass is 32.1. The van der Waals surface area contributed by atoms with E-state index in [2.05, 4.69) is 58.8 Å². The minimum absolute atomic E-state index is 0.0926. The summed E-state index contributed by atoms with van der Waals surface area (Å²) in [4.78, 5) is 24.3. The van der Waals surface area contributed by atoms with E-state index in [1.165, 1.54) is 5.56 Å². The van der Waals surface area contributed by atoms with Crippen molar-refractivity contribution in [2.75, 3.05) is 16.8 Å². The zero-order chi connectivity index (χ0) is 22.0. The van der Waals surface area contributed by atoms with Gasteiger partial charge in [-0.2, -0.15) is 12.6 Å². The van der Waals surface area contributed by atoms with Crippen LogP contribution in [0.15, 0.2) is 48.7 Å². The molecule has 3 aromatic rings. The minimum atomic E-state index is -0.0926. The van der Waals surface area contributed by atoms with E-state index in [-0.39, 0.29) is 5.91 Å². The Kier molecular flexibility index (Phi) is 6.28. The van der Waals surface area contributed by atoms with E-state index in [4.69, 9.17) is 0 Å². The molecule has 0 spiro atoms. The van der Waals surface area contributed by atoms with Crippen LogP contribution in [0.1, 0.15) is 58.3 Å². The maximum atomic E-state index is 13.0. The number of nitrogens with zero attached hydrogens (tertiary/aromatic N) is 3. The largest absolute Gasteiger partial charge is 0.367 e. The van der Waals surface area contributed by atoms with Crippen LogP contribution in [-0.4, -0.2) is 22.4 Å². The van der Waals surface area contributed by atoms with Crippen molar-refractivity contribution in [1.82, 2.24) is 9.97 Å². The smallest absolute Gasteiger partial charge is 0.255 e. The molecule has 0 saturated carbocycles. The maximum absolute atomic E-state index is 13.0. The first-order chi connectivity index (χ1) is 14.9. The Morgan fingerprint density at radius 1 is 1.23 bits per heavy atom. The lowest BCUT2D eigenvalue weighted by Gasteiger charge is -2.30. The van der Waals surface area contributed by atoms with E-state index in [9.17, 15) is 4.79 Å². The van der Waals surface area contributed by atoms with Crippen LogP contribution in [0.2, 0.25) is 0 Å². The summed E-state index contributed by atoms with van der Waals surface area (Å²) in [5.74, 6) is 1.64. The highest BCUT2D eigenvalue weighted by molar-refractivity contribution is 7.79. The number of hydrogen-bond acceptors (Lipinski definition) is 5. The number of aryl methyl sites for hydroxylation is 1. The second-order valence-electron chi connectivity index (χ2n) is 8.38. The molecule has 1 aromatic heterocycles. The lowest BCUT2D eigenvalue weighted by atomic mass is 10.0. The van der Waals surface area contributed by atoms with Crippen LogP contribution < -0.4 is 10.2 Å². The number of anilines is 2. The number of thiol groups is 1. The quantitative estimate of drug-likeness (QED) is 0.547. The van der Waals surface area contributed by atoms with Crippen molar-refractivity contribution >= 4 is 29.9 Å². The molecule has 1 aliphatic heterocycles. The van der Waals surface area contributed by atoms with Crippen molar-refractivity contribution in [3.8, 4) is 0 Å². The summed E-state index contributed by atoms with van der Waals surface area (Å²) in [6, 6.07) is 14.1. The number of carbonyl (C=O) groups is 1. The van der Waals surface area contributed by atoms with Gasteiger partial charge >= 0.3 is 0 Å². The van der Waals surface area contributed by atoms with E-state index in [0.29, 0.717) is 17.2 Å². The Bertz CT molecular complexity index is 1110. The number of aromatic nitrogens is 2. The maximum Gasteiger partial charge on any atom is 0.255 e. The van der Waals surface area contributed by atoms with E-state index in [1.54, 1.807) is 0 Å². The van der Waals surface area contributed by atoms with Gasteiger partial charge in [0.1, 0.15) is 5.82 Å². The third kappa shape index (κ3) is 4.90. The molecule has 0 atom stereocenters. The zero-order valence-corrected chi connectivity index (χ0v) is 19.1. The van der Waals surface area contributed by atoms with Crippen LogP contribution in [-0.2, 0) is 18.7 Å². The van der Waals surface area contributed by atoms with Crippen molar-refractivity contribution in [3.05, 3.63) is 82.4 Å². The molecule has 1 amide bonds. The van der Waals surface area contributed by atoms with Crippen LogP contribution in [0.3, 0.4) is 0 Å². The summed E-state index contributed by atoms with van der Waals surface area (Å²) in [6.07, 6.45) is 2.77. The average Bonchev–Trinajstić information content (AvgIpc) is 2.78. The molecule has 160 valence electrons. The molecule has 0 unspecified atom stereocenters. The van der Waals surface area contributed by atoms with Gasteiger partial charge in [0.15, 0.2) is 0 Å². The van der Waals surface area contributed by atoms with Gasteiger partial charge in [-0.15, -0.1) is 0 Å². The monoisotopic (exact) mass is 432 g/mol. The number of fused-ring (bicyclic) bond motifs is 1. The van der Waals surface area contributed by atoms with Gasteiger partial charge in [-0.05, 0) is 54.3 Å². The van der Waals surface area contributed by atoms with E-state index in [0.717, 1.165) is 53.5 Å². The molecule has 1 N–H and O–H groups in total. The summed E-state index contributed by atoms with van der Waals surface area (Å²) in [5.41, 5.74) is 7.04. The Morgan fingerprint density at radius 3 is 2.84 bits per heavy atom. The summed E-state index contributed by atoms with van der Waals surface area (Å²) in [7, 11) is 0. The number of benzene rings is 2. The molecule has 0 saturated heterocycles. The Hall–Kier alpha value is -2.86. The summed E-state index contributed by atoms with van der Waals surface area (Å²) in [6.45, 7) is 7.92. The first kappa shape index (κ1) is 21.4. The molecule has 2 heterocycles. The van der Waals surface area contributed by atoms with Gasteiger partial charge in [-0.25, -0.2) is 9.97 Å². The summed E-state index contributed by atoms with van der Waals surface area (Å²) < 4.78 is 0. The highest BCUT2D eigenvalue weighted by Gasteiger charge is 2.20. The number of carbonyl (C=O) groups excluding carboxylic acids is 1. The van der Waals surface area contributed by atoms with Gasteiger partial charge in [-0.3, -0.25) is 4.79 Å². The van der Waals surface area contributed by atoms with E-state index in [1.807, 2.05) is 43.5 Å². The van der Waals surface area contributed by atoms with Gasteiger partial charge < -0.3 is 10.2 Å². The van der Waals surface area contributed by atoms with Gasteiger partial charge in [0.2, 0.25) is 0 Å². The highest BCUT2D eigenvalue weighted by Crippen LogP contribution is 2.26. The summed E-state index contributed by atoms with van der Waals surface area (Å²) in [5, 5.41) is 3.05. The first-order valence-electron chi connectivity index (χ1n) is 10.7. The van der Waals surface area contributed by atoms with Crippen molar-refractivity contribution in [2.45, 2.75) is 45.4 Å². The van der Waals surface area contributed by atoms with Crippen molar-refractivity contribution in [2.24, 2.45) is 0 Å². The normalized spacial score (nSPS) is 13.3. The third-order valence-corrected chi connectivity index (χ3v) is 5.91. The van der Waals surface area contributed by atoms with E-state index >= 15 is 0 Å². The van der Waals surface area contributed by atoms with Crippen molar-refractivity contribution in [3.63, 3.8) is 0 Å². The molecule has 0 radical (unpaired) electrons. The predicted molar refractivity (Wildman–Crippen MR) is 129 cm³/mol. The molecule has 6 heteroatoms. The number of hydrogen-bond donors (Lipinski definition) is 2. The summed E-state index contributed by atoms with van der Waals surface area (Å²) >= 11 is 4.27. The third-order valence-electron chi connectivity index (χ3n) is 5.63. The van der Waals surface area contributed by atoms with Crippen LogP contribution in [0.25, 0.3) is 0 Å². The van der Waals surface area contributed by atoms with Crippen LogP contribution in [0.4, 0.5) is 11.4 Å². The topological polar surface area (TPSA) is 58.1 Å². The van der Waals surface area contributed by atoms with Gasteiger partial charge in [0.05, 0.1) is 11.4 Å². The Labute approximate surface area is 189 Å². The molecule has 0 fully saturated rings. The second-order valence-corrected chi connectivity index (χ2v) is 8.70. The van der Waals surface area contributed by atoms with Gasteiger partial charge in [0, 0.05) is 48.2 Å².